The average molecular weight is 188 g/mol. The van der Waals surface area contributed by atoms with E-state index in [1.165, 1.54) is 0 Å². The molecule has 0 unspecified atom stereocenters. The Morgan fingerprint density at radius 1 is 1.38 bits per heavy atom. The molecule has 0 radical (unpaired) electrons. The summed E-state index contributed by atoms with van der Waals surface area (Å²) in [5, 5.41) is 8.81. The van der Waals surface area contributed by atoms with E-state index in [4.69, 9.17) is 5.11 Å². The minimum atomic E-state index is -1.13. The van der Waals surface area contributed by atoms with Crippen LogP contribution >= 0.6 is 0 Å². The van der Waals surface area contributed by atoms with Crippen LogP contribution in [0.25, 0.3) is 0 Å². The zero-order chi connectivity index (χ0) is 10.6. The maximum absolute atomic E-state index is 11.2. The molecule has 0 bridgehead atoms. The lowest BCUT2D eigenvalue weighted by Gasteiger charge is -2.24. The molecular weight excluding hydrogens is 172 g/mol. The highest BCUT2D eigenvalue weighted by molar-refractivity contribution is 5.94. The summed E-state index contributed by atoms with van der Waals surface area (Å²) in [5.74, 6) is -2.89. The summed E-state index contributed by atoms with van der Waals surface area (Å²) in [6.07, 6.45) is 0. The summed E-state index contributed by atoms with van der Waals surface area (Å²) in [7, 11) is 0. The Hall–Kier alpha value is -1.06. The van der Waals surface area contributed by atoms with Crippen LogP contribution in [0.15, 0.2) is 0 Å². The van der Waals surface area contributed by atoms with Crippen LogP contribution in [0.3, 0.4) is 0 Å². The van der Waals surface area contributed by atoms with E-state index in [9.17, 15) is 9.59 Å². The van der Waals surface area contributed by atoms with E-state index in [0.29, 0.717) is 0 Å². The molecule has 4 heteroatoms. The van der Waals surface area contributed by atoms with Gasteiger partial charge < -0.3 is 9.84 Å². The fourth-order valence-electron chi connectivity index (χ4n) is 1.05. The molecule has 0 aromatic rings. The molecule has 0 fully saturated rings. The van der Waals surface area contributed by atoms with Crippen LogP contribution in [0.5, 0.6) is 0 Å². The maximum Gasteiger partial charge on any atom is 0.320 e. The summed E-state index contributed by atoms with van der Waals surface area (Å²) in [6.45, 7) is 6.95. The Labute approximate surface area is 77.9 Å². The number of hydrogen-bond donors (Lipinski definition) is 1. The average Bonchev–Trinajstić information content (AvgIpc) is 1.82. The van der Waals surface area contributed by atoms with E-state index in [0.717, 1.165) is 0 Å². The Balaban J connectivity index is 4.63. The molecule has 76 valence electrons. The summed E-state index contributed by atoms with van der Waals surface area (Å²) >= 11 is 0. The number of carboxylic acid groups (broad SMARTS) is 1. The number of carboxylic acids is 1. The van der Waals surface area contributed by atoms with Gasteiger partial charge in [0.2, 0.25) is 0 Å². The third-order valence-corrected chi connectivity index (χ3v) is 1.64. The van der Waals surface area contributed by atoms with Crippen LogP contribution in [-0.4, -0.2) is 23.7 Å². The molecule has 0 aromatic carbocycles. The van der Waals surface area contributed by atoms with Gasteiger partial charge in [0.1, 0.15) is 0 Å². The minimum absolute atomic E-state index is 0.207. The molecule has 13 heavy (non-hydrogen) atoms. The molecule has 1 atom stereocenters. The normalized spacial score (nSPS) is 13.5. The first kappa shape index (κ1) is 11.9. The van der Waals surface area contributed by atoms with Gasteiger partial charge in [-0.1, -0.05) is 20.8 Å². The van der Waals surface area contributed by atoms with Crippen molar-refractivity contribution < 1.29 is 19.4 Å². The summed E-state index contributed by atoms with van der Waals surface area (Å²) < 4.78 is 4.67. The molecule has 0 heterocycles. The molecule has 0 amide bonds. The number of rotatable bonds is 3. The third-order valence-electron chi connectivity index (χ3n) is 1.64. The van der Waals surface area contributed by atoms with Gasteiger partial charge in [-0.3, -0.25) is 9.59 Å². The van der Waals surface area contributed by atoms with Crippen LogP contribution in [0.4, 0.5) is 0 Å². The number of carbonyl (C=O) groups excluding carboxylic acids is 1. The van der Waals surface area contributed by atoms with Crippen molar-refractivity contribution >= 4 is 11.9 Å². The van der Waals surface area contributed by atoms with Gasteiger partial charge in [0, 0.05) is 0 Å². The van der Waals surface area contributed by atoms with Gasteiger partial charge >= 0.3 is 11.9 Å². The van der Waals surface area contributed by atoms with Gasteiger partial charge in [-0.2, -0.15) is 0 Å². The number of ether oxygens (including phenoxy) is 1. The quantitative estimate of drug-likeness (QED) is 0.535. The van der Waals surface area contributed by atoms with Crippen molar-refractivity contribution in [1.82, 2.24) is 0 Å². The van der Waals surface area contributed by atoms with E-state index in [1.54, 1.807) is 27.7 Å². The molecule has 0 aliphatic heterocycles. The lowest BCUT2D eigenvalue weighted by molar-refractivity contribution is -0.163. The second-order valence-corrected chi connectivity index (χ2v) is 3.89. The van der Waals surface area contributed by atoms with Crippen molar-refractivity contribution in [2.24, 2.45) is 11.3 Å². The number of esters is 1. The maximum atomic E-state index is 11.2. The van der Waals surface area contributed by atoms with Crippen LogP contribution in [0.2, 0.25) is 0 Å². The minimum Gasteiger partial charge on any atom is -0.481 e. The first-order chi connectivity index (χ1) is 5.80. The highest BCUT2D eigenvalue weighted by Crippen LogP contribution is 2.27. The highest BCUT2D eigenvalue weighted by atomic mass is 16.5. The van der Waals surface area contributed by atoms with Gasteiger partial charge in [-0.05, 0) is 12.3 Å². The first-order valence-electron chi connectivity index (χ1n) is 4.20. The van der Waals surface area contributed by atoms with E-state index < -0.39 is 23.3 Å². The van der Waals surface area contributed by atoms with Crippen molar-refractivity contribution in [2.75, 3.05) is 6.61 Å². The zero-order valence-corrected chi connectivity index (χ0v) is 8.46. The highest BCUT2D eigenvalue weighted by Gasteiger charge is 2.38. The third kappa shape index (κ3) is 3.44. The molecule has 0 spiro atoms. The molecule has 0 aromatic heterocycles. The second kappa shape index (κ2) is 4.25. The fourth-order valence-corrected chi connectivity index (χ4v) is 1.05. The Morgan fingerprint density at radius 2 is 1.85 bits per heavy atom. The van der Waals surface area contributed by atoms with Crippen molar-refractivity contribution in [3.63, 3.8) is 0 Å². The van der Waals surface area contributed by atoms with Crippen LogP contribution in [0.1, 0.15) is 27.7 Å². The number of carbonyl (C=O) groups is 2. The van der Waals surface area contributed by atoms with Crippen molar-refractivity contribution in [3.8, 4) is 0 Å². The number of hydrogen-bond acceptors (Lipinski definition) is 3. The smallest absolute Gasteiger partial charge is 0.320 e. The van der Waals surface area contributed by atoms with Crippen molar-refractivity contribution in [1.29, 1.82) is 0 Å². The van der Waals surface area contributed by atoms with E-state index in [1.807, 2.05) is 0 Å². The molecule has 1 N–H and O–H groups in total. The molecule has 0 saturated heterocycles. The second-order valence-electron chi connectivity index (χ2n) is 3.89. The van der Waals surface area contributed by atoms with Crippen LogP contribution < -0.4 is 0 Å². The standard InChI is InChI=1S/C9H16O4/c1-5-13-8(12)6(7(10)11)9(2,3)4/h6H,5H2,1-4H3,(H,10,11)/t6-/m1/s1. The van der Waals surface area contributed by atoms with Crippen LogP contribution in [-0.2, 0) is 14.3 Å². The molecule has 0 saturated carbocycles. The van der Waals surface area contributed by atoms with E-state index in [-0.39, 0.29) is 6.61 Å². The molecular formula is C9H16O4. The van der Waals surface area contributed by atoms with Gasteiger partial charge in [-0.25, -0.2) is 0 Å². The largest absolute Gasteiger partial charge is 0.481 e. The van der Waals surface area contributed by atoms with Gasteiger partial charge in [0.25, 0.3) is 0 Å². The predicted octanol–water partition coefficient (Wildman–Crippen LogP) is 1.30. The van der Waals surface area contributed by atoms with Crippen molar-refractivity contribution in [3.05, 3.63) is 0 Å². The lowest BCUT2D eigenvalue weighted by atomic mass is 9.81. The first-order valence-corrected chi connectivity index (χ1v) is 4.20. The van der Waals surface area contributed by atoms with Gasteiger partial charge in [0.05, 0.1) is 6.61 Å². The summed E-state index contributed by atoms with van der Waals surface area (Å²) in [6, 6.07) is 0. The fraction of sp³-hybridized carbons (Fsp3) is 0.778. The SMILES string of the molecule is CCOC(=O)[C@@H](C(=O)O)C(C)(C)C. The van der Waals surface area contributed by atoms with Crippen molar-refractivity contribution in [2.45, 2.75) is 27.7 Å². The van der Waals surface area contributed by atoms with E-state index in [2.05, 4.69) is 4.74 Å². The van der Waals surface area contributed by atoms with Crippen LogP contribution in [0, 0.1) is 11.3 Å². The molecule has 0 aliphatic rings. The Bertz CT molecular complexity index is 202. The Morgan fingerprint density at radius 3 is 2.08 bits per heavy atom. The summed E-state index contributed by atoms with van der Waals surface area (Å²) in [5.41, 5.74) is -0.613. The predicted molar refractivity (Wildman–Crippen MR) is 47.2 cm³/mol. The molecule has 0 aliphatic carbocycles. The molecule has 4 nitrogen and oxygen atoms in total. The zero-order valence-electron chi connectivity index (χ0n) is 8.46. The molecule has 0 rings (SSSR count). The van der Waals surface area contributed by atoms with Gasteiger partial charge in [-0.15, -0.1) is 0 Å². The lowest BCUT2D eigenvalue weighted by Crippen LogP contribution is -2.36. The van der Waals surface area contributed by atoms with E-state index >= 15 is 0 Å². The number of aliphatic carboxylic acids is 1. The Kier molecular flexibility index (Phi) is 3.91. The topological polar surface area (TPSA) is 63.6 Å². The van der Waals surface area contributed by atoms with Gasteiger partial charge in [0.15, 0.2) is 5.92 Å². The summed E-state index contributed by atoms with van der Waals surface area (Å²) in [4.78, 5) is 22.0. The monoisotopic (exact) mass is 188 g/mol.